The Morgan fingerprint density at radius 2 is 1.95 bits per heavy atom. The number of benzene rings is 3. The monoisotopic (exact) mass is 534 g/mol. The predicted octanol–water partition coefficient (Wildman–Crippen LogP) is 5.29. The van der Waals surface area contributed by atoms with Crippen molar-refractivity contribution >= 4 is 29.1 Å². The first-order valence-corrected chi connectivity index (χ1v) is 12.1. The molecule has 1 atom stereocenters. The Labute approximate surface area is 223 Å². The van der Waals surface area contributed by atoms with E-state index >= 15 is 0 Å². The topological polar surface area (TPSA) is 103 Å². The molecule has 1 aliphatic heterocycles. The Kier molecular flexibility index (Phi) is 6.97. The number of halogens is 2. The van der Waals surface area contributed by atoms with E-state index in [1.54, 1.807) is 31.2 Å². The highest BCUT2D eigenvalue weighted by atomic mass is 35.5. The third kappa shape index (κ3) is 4.78. The Morgan fingerprint density at radius 3 is 2.71 bits per heavy atom. The van der Waals surface area contributed by atoms with Gasteiger partial charge in [0.05, 0.1) is 17.7 Å². The molecular formula is C27H24ClFN6O3. The molecule has 0 aliphatic carbocycles. The quantitative estimate of drug-likeness (QED) is 0.332. The minimum absolute atomic E-state index is 0.0885. The molecule has 2 N–H and O–H groups in total. The molecular weight excluding hydrogens is 511 g/mol. The largest absolute Gasteiger partial charge is 0.493 e. The number of aryl methyl sites for hydroxylation is 1. The van der Waals surface area contributed by atoms with Crippen LogP contribution in [0.25, 0.3) is 0 Å². The molecule has 0 bridgehead atoms. The van der Waals surface area contributed by atoms with Crippen LogP contribution in [0, 0.1) is 12.7 Å². The summed E-state index contributed by atoms with van der Waals surface area (Å²) in [6.45, 7) is 3.63. The van der Waals surface area contributed by atoms with Crippen LogP contribution in [0.3, 0.4) is 0 Å². The Hall–Kier alpha value is -4.44. The summed E-state index contributed by atoms with van der Waals surface area (Å²) in [6, 6.07) is 16.6. The number of hydrogen-bond acceptors (Lipinski definition) is 7. The maximum atomic E-state index is 14.2. The zero-order chi connectivity index (χ0) is 26.8. The predicted molar refractivity (Wildman–Crippen MR) is 141 cm³/mol. The van der Waals surface area contributed by atoms with Crippen molar-refractivity contribution in [2.24, 2.45) is 0 Å². The second-order valence-electron chi connectivity index (χ2n) is 8.68. The van der Waals surface area contributed by atoms with E-state index in [1.807, 2.05) is 31.2 Å². The number of amides is 1. The van der Waals surface area contributed by atoms with Gasteiger partial charge in [-0.3, -0.25) is 4.79 Å². The molecule has 5 rings (SSSR count). The van der Waals surface area contributed by atoms with Gasteiger partial charge in [-0.25, -0.2) is 4.39 Å². The van der Waals surface area contributed by atoms with Gasteiger partial charge in [-0.05, 0) is 65.7 Å². The Balaban J connectivity index is 1.49. The fourth-order valence-electron chi connectivity index (χ4n) is 4.31. The number of para-hydroxylation sites is 1. The van der Waals surface area contributed by atoms with Crippen molar-refractivity contribution in [3.63, 3.8) is 0 Å². The first-order chi connectivity index (χ1) is 18.4. The SMILES string of the molecule is COc1cc([C@H]2C(C(=O)Nc3ccccc3C)=C(C)Nc3nnnn32)ccc1OCc1c(F)cccc1Cl. The number of ether oxygens (including phenoxy) is 2. The van der Waals surface area contributed by atoms with Crippen molar-refractivity contribution in [2.75, 3.05) is 17.7 Å². The van der Waals surface area contributed by atoms with Crippen LogP contribution in [-0.2, 0) is 11.4 Å². The maximum Gasteiger partial charge on any atom is 0.255 e. The van der Waals surface area contributed by atoms with Crippen LogP contribution in [0.5, 0.6) is 11.5 Å². The number of hydrogen-bond donors (Lipinski definition) is 2. The summed E-state index contributed by atoms with van der Waals surface area (Å²) in [7, 11) is 1.50. The molecule has 0 unspecified atom stereocenters. The molecule has 0 spiro atoms. The summed E-state index contributed by atoms with van der Waals surface area (Å²) in [5.74, 6) is 0.406. The standard InChI is InChI=1S/C27H24ClFN6O3/c1-15-7-4-5-10-21(15)31-26(36)24-16(2)30-27-32-33-34-35(27)25(24)17-11-12-22(23(13-17)37-3)38-14-18-19(28)8-6-9-20(18)29/h4-13,25H,14H2,1-3H3,(H,31,36)(H,30,32,34)/t25-/m0/s1. The number of carbonyl (C=O) groups is 1. The van der Waals surface area contributed by atoms with E-state index < -0.39 is 11.9 Å². The van der Waals surface area contributed by atoms with Gasteiger partial charge in [0, 0.05) is 16.9 Å². The molecule has 11 heteroatoms. The van der Waals surface area contributed by atoms with Gasteiger partial charge in [-0.2, -0.15) is 4.68 Å². The van der Waals surface area contributed by atoms with Gasteiger partial charge in [0.25, 0.3) is 5.91 Å². The van der Waals surface area contributed by atoms with E-state index in [-0.39, 0.29) is 23.1 Å². The van der Waals surface area contributed by atoms with E-state index in [0.717, 1.165) is 5.56 Å². The minimum Gasteiger partial charge on any atom is -0.493 e. The van der Waals surface area contributed by atoms with E-state index in [0.29, 0.717) is 40.0 Å². The fraction of sp³-hybridized carbons (Fsp3) is 0.185. The number of rotatable bonds is 7. The van der Waals surface area contributed by atoms with Crippen molar-refractivity contribution < 1.29 is 18.7 Å². The second-order valence-corrected chi connectivity index (χ2v) is 9.09. The lowest BCUT2D eigenvalue weighted by molar-refractivity contribution is -0.113. The lowest BCUT2D eigenvalue weighted by Crippen LogP contribution is -2.31. The van der Waals surface area contributed by atoms with Gasteiger partial charge in [0.1, 0.15) is 18.5 Å². The highest BCUT2D eigenvalue weighted by molar-refractivity contribution is 6.31. The van der Waals surface area contributed by atoms with E-state index in [9.17, 15) is 9.18 Å². The first-order valence-electron chi connectivity index (χ1n) is 11.7. The summed E-state index contributed by atoms with van der Waals surface area (Å²) < 4.78 is 27.2. The highest BCUT2D eigenvalue weighted by Crippen LogP contribution is 2.39. The zero-order valence-electron chi connectivity index (χ0n) is 20.8. The highest BCUT2D eigenvalue weighted by Gasteiger charge is 2.34. The summed E-state index contributed by atoms with van der Waals surface area (Å²) in [6.07, 6.45) is 0. The molecule has 1 aliphatic rings. The van der Waals surface area contributed by atoms with Crippen molar-refractivity contribution in [1.29, 1.82) is 0 Å². The van der Waals surface area contributed by atoms with Gasteiger partial charge in [0.15, 0.2) is 11.5 Å². The van der Waals surface area contributed by atoms with Crippen LogP contribution in [0.4, 0.5) is 16.0 Å². The molecule has 0 saturated heterocycles. The van der Waals surface area contributed by atoms with Crippen LogP contribution in [0.1, 0.15) is 29.7 Å². The molecule has 38 heavy (non-hydrogen) atoms. The molecule has 4 aromatic rings. The number of aromatic nitrogens is 4. The maximum absolute atomic E-state index is 14.2. The van der Waals surface area contributed by atoms with Crippen LogP contribution in [0.2, 0.25) is 5.02 Å². The van der Waals surface area contributed by atoms with Gasteiger partial charge in [0.2, 0.25) is 5.95 Å². The Bertz CT molecular complexity index is 1530. The first kappa shape index (κ1) is 25.2. The van der Waals surface area contributed by atoms with Crippen LogP contribution in [-0.4, -0.2) is 33.2 Å². The van der Waals surface area contributed by atoms with Crippen LogP contribution >= 0.6 is 11.6 Å². The number of anilines is 2. The van der Waals surface area contributed by atoms with Crippen LogP contribution in [0.15, 0.2) is 71.9 Å². The van der Waals surface area contributed by atoms with Crippen LogP contribution < -0.4 is 20.1 Å². The molecule has 0 fully saturated rings. The van der Waals surface area contributed by atoms with E-state index in [1.165, 1.54) is 23.9 Å². The molecule has 0 radical (unpaired) electrons. The van der Waals surface area contributed by atoms with Crippen molar-refractivity contribution in [2.45, 2.75) is 26.5 Å². The Morgan fingerprint density at radius 1 is 1.13 bits per heavy atom. The average molecular weight is 535 g/mol. The minimum atomic E-state index is -0.658. The summed E-state index contributed by atoms with van der Waals surface area (Å²) in [4.78, 5) is 13.6. The van der Waals surface area contributed by atoms with E-state index in [4.69, 9.17) is 21.1 Å². The number of allylic oxidation sites excluding steroid dienone is 1. The van der Waals surface area contributed by atoms with Gasteiger partial charge < -0.3 is 20.1 Å². The molecule has 9 nitrogen and oxygen atoms in total. The molecule has 2 heterocycles. The van der Waals surface area contributed by atoms with Crippen molar-refractivity contribution in [1.82, 2.24) is 20.2 Å². The number of tetrazole rings is 1. The number of nitrogens with zero attached hydrogens (tertiary/aromatic N) is 4. The lowest BCUT2D eigenvalue weighted by atomic mass is 9.94. The van der Waals surface area contributed by atoms with Gasteiger partial charge in [-0.15, -0.1) is 0 Å². The molecule has 0 saturated carbocycles. The van der Waals surface area contributed by atoms with E-state index in [2.05, 4.69) is 26.2 Å². The third-order valence-corrected chi connectivity index (χ3v) is 6.64. The summed E-state index contributed by atoms with van der Waals surface area (Å²) in [5.41, 5.74) is 3.60. The lowest BCUT2D eigenvalue weighted by Gasteiger charge is -2.28. The second kappa shape index (κ2) is 10.5. The third-order valence-electron chi connectivity index (χ3n) is 6.29. The molecule has 3 aromatic carbocycles. The van der Waals surface area contributed by atoms with Gasteiger partial charge in [-0.1, -0.05) is 47.0 Å². The van der Waals surface area contributed by atoms with Crippen molar-refractivity contribution in [3.05, 3.63) is 99.5 Å². The number of nitrogens with one attached hydrogen (secondary N) is 2. The average Bonchev–Trinajstić information content (AvgIpc) is 3.37. The zero-order valence-corrected chi connectivity index (χ0v) is 21.6. The van der Waals surface area contributed by atoms with Gasteiger partial charge >= 0.3 is 0 Å². The summed E-state index contributed by atoms with van der Waals surface area (Å²) >= 11 is 6.14. The molecule has 194 valence electrons. The normalized spacial score (nSPS) is 14.5. The number of carbonyl (C=O) groups excluding carboxylic acids is 1. The molecule has 1 amide bonds. The number of fused-ring (bicyclic) bond motifs is 1. The fourth-order valence-corrected chi connectivity index (χ4v) is 4.53. The molecule has 1 aromatic heterocycles. The summed E-state index contributed by atoms with van der Waals surface area (Å²) in [5, 5.41) is 18.3. The van der Waals surface area contributed by atoms with Crippen molar-refractivity contribution in [3.8, 4) is 11.5 Å². The smallest absolute Gasteiger partial charge is 0.255 e. The number of methoxy groups -OCH3 is 1.